The molecule has 21 heavy (non-hydrogen) atoms. The highest BCUT2D eigenvalue weighted by molar-refractivity contribution is 7.91. The summed E-state index contributed by atoms with van der Waals surface area (Å²) in [6.07, 6.45) is 1.90. The van der Waals surface area contributed by atoms with E-state index in [0.717, 1.165) is 6.07 Å². The number of rotatable bonds is 2. The number of nitrogen functional groups attached to an aromatic ring is 1. The molecule has 5 nitrogen and oxygen atoms in total. The topological polar surface area (TPSA) is 78.0 Å². The van der Waals surface area contributed by atoms with Gasteiger partial charge in [0.2, 0.25) is 0 Å². The first-order valence-electron chi connectivity index (χ1n) is 6.37. The van der Waals surface area contributed by atoms with E-state index in [2.05, 4.69) is 5.10 Å². The fourth-order valence-electron chi connectivity index (χ4n) is 2.47. The molecule has 2 heterocycles. The molecule has 0 spiro atoms. The maximum absolute atomic E-state index is 13.8. The third-order valence-corrected chi connectivity index (χ3v) is 5.30. The lowest BCUT2D eigenvalue weighted by Gasteiger charge is -2.07. The number of nitrogens with two attached hydrogens (primary N) is 1. The van der Waals surface area contributed by atoms with Crippen LogP contribution in [0.2, 0.25) is 0 Å². The summed E-state index contributed by atoms with van der Waals surface area (Å²) in [5.41, 5.74) is 6.08. The molecule has 0 aliphatic carbocycles. The Labute approximate surface area is 120 Å². The second-order valence-electron chi connectivity index (χ2n) is 5.07. The number of nitrogens with zero attached hydrogens (tertiary/aromatic N) is 2. The Hall–Kier alpha value is -1.96. The summed E-state index contributed by atoms with van der Waals surface area (Å²) in [5, 5.41) is 4.15. The Morgan fingerprint density at radius 2 is 2.10 bits per heavy atom. The van der Waals surface area contributed by atoms with E-state index in [-0.39, 0.29) is 34.5 Å². The van der Waals surface area contributed by atoms with E-state index in [1.54, 1.807) is 0 Å². The molecule has 1 unspecified atom stereocenters. The van der Waals surface area contributed by atoms with Gasteiger partial charge in [-0.3, -0.25) is 4.68 Å². The monoisotopic (exact) mass is 313 g/mol. The quantitative estimate of drug-likeness (QED) is 0.916. The average Bonchev–Trinajstić information content (AvgIpc) is 2.96. The van der Waals surface area contributed by atoms with E-state index in [1.165, 1.54) is 23.0 Å². The van der Waals surface area contributed by atoms with Crippen molar-refractivity contribution in [2.45, 2.75) is 12.5 Å². The van der Waals surface area contributed by atoms with Gasteiger partial charge < -0.3 is 5.73 Å². The summed E-state index contributed by atoms with van der Waals surface area (Å²) in [6.45, 7) is 0. The number of anilines is 1. The predicted octanol–water partition coefficient (Wildman–Crippen LogP) is 1.77. The molecule has 112 valence electrons. The van der Waals surface area contributed by atoms with Crippen LogP contribution in [-0.2, 0) is 9.84 Å². The van der Waals surface area contributed by atoms with Crippen molar-refractivity contribution < 1.29 is 17.2 Å². The minimum atomic E-state index is -3.06. The average molecular weight is 313 g/mol. The molecular formula is C13H13F2N3O2S. The van der Waals surface area contributed by atoms with Crippen LogP contribution in [0.15, 0.2) is 24.4 Å². The number of benzene rings is 1. The van der Waals surface area contributed by atoms with Crippen molar-refractivity contribution >= 4 is 15.5 Å². The van der Waals surface area contributed by atoms with Crippen molar-refractivity contribution in [3.63, 3.8) is 0 Å². The predicted molar refractivity (Wildman–Crippen MR) is 74.3 cm³/mol. The zero-order chi connectivity index (χ0) is 15.2. The fourth-order valence-corrected chi connectivity index (χ4v) is 4.18. The first kappa shape index (κ1) is 14.0. The molecule has 1 atom stereocenters. The van der Waals surface area contributed by atoms with Gasteiger partial charge in [0, 0.05) is 11.8 Å². The van der Waals surface area contributed by atoms with Gasteiger partial charge in [0.25, 0.3) is 0 Å². The summed E-state index contributed by atoms with van der Waals surface area (Å²) in [5.74, 6) is -1.92. The third-order valence-electron chi connectivity index (χ3n) is 3.55. The lowest BCUT2D eigenvalue weighted by Crippen LogP contribution is -2.11. The van der Waals surface area contributed by atoms with E-state index in [0.29, 0.717) is 6.42 Å². The second kappa shape index (κ2) is 4.80. The molecule has 0 amide bonds. The summed E-state index contributed by atoms with van der Waals surface area (Å²) in [6, 6.07) is 3.44. The highest BCUT2D eigenvalue weighted by Gasteiger charge is 2.30. The Kier molecular flexibility index (Phi) is 3.20. The van der Waals surface area contributed by atoms with Crippen LogP contribution in [0.1, 0.15) is 12.5 Å². The smallest absolute Gasteiger partial charge is 0.168 e. The number of sulfone groups is 1. The van der Waals surface area contributed by atoms with Crippen molar-refractivity contribution in [1.29, 1.82) is 0 Å². The van der Waals surface area contributed by atoms with E-state index in [9.17, 15) is 17.2 Å². The maximum Gasteiger partial charge on any atom is 0.168 e. The molecule has 8 heteroatoms. The minimum Gasteiger partial charge on any atom is -0.396 e. The molecule has 0 saturated carbocycles. The van der Waals surface area contributed by atoms with Crippen LogP contribution in [0.5, 0.6) is 0 Å². The summed E-state index contributed by atoms with van der Waals surface area (Å²) >= 11 is 0. The number of hydrogen-bond acceptors (Lipinski definition) is 4. The molecule has 3 rings (SSSR count). The maximum atomic E-state index is 13.8. The lowest BCUT2D eigenvalue weighted by atomic mass is 10.1. The zero-order valence-electron chi connectivity index (χ0n) is 11.0. The van der Waals surface area contributed by atoms with E-state index < -0.39 is 21.5 Å². The van der Waals surface area contributed by atoms with Gasteiger partial charge in [-0.05, 0) is 18.6 Å². The second-order valence-corrected chi connectivity index (χ2v) is 7.30. The Morgan fingerprint density at radius 1 is 1.33 bits per heavy atom. The van der Waals surface area contributed by atoms with Crippen LogP contribution in [0.25, 0.3) is 11.3 Å². The van der Waals surface area contributed by atoms with Gasteiger partial charge in [0.15, 0.2) is 21.5 Å². The fraction of sp³-hybridized carbons (Fsp3) is 0.308. The molecule has 0 bridgehead atoms. The molecule has 2 aromatic rings. The van der Waals surface area contributed by atoms with Crippen molar-refractivity contribution in [1.82, 2.24) is 9.78 Å². The SMILES string of the molecule is Nc1cn(C2CCS(=O)(=O)C2)nc1-c1cccc(F)c1F. The standard InChI is InChI=1S/C13H13F2N3O2S/c14-10-3-1-2-9(12(10)15)13-11(16)6-18(17-13)8-4-5-21(19,20)7-8/h1-3,6,8H,4-5,7,16H2. The van der Waals surface area contributed by atoms with Crippen LogP contribution in [0, 0.1) is 11.6 Å². The van der Waals surface area contributed by atoms with E-state index in [4.69, 9.17) is 5.73 Å². The van der Waals surface area contributed by atoms with Crippen molar-refractivity contribution in [2.24, 2.45) is 0 Å². The van der Waals surface area contributed by atoms with Gasteiger partial charge in [0.05, 0.1) is 23.2 Å². The van der Waals surface area contributed by atoms with Crippen LogP contribution in [0.4, 0.5) is 14.5 Å². The Morgan fingerprint density at radius 3 is 2.76 bits per heavy atom. The summed E-state index contributed by atoms with van der Waals surface area (Å²) in [4.78, 5) is 0. The van der Waals surface area contributed by atoms with Crippen LogP contribution < -0.4 is 5.73 Å². The van der Waals surface area contributed by atoms with Crippen LogP contribution in [0.3, 0.4) is 0 Å². The summed E-state index contributed by atoms with van der Waals surface area (Å²) < 4.78 is 51.5. The number of hydrogen-bond donors (Lipinski definition) is 1. The Bertz CT molecular complexity index is 802. The third kappa shape index (κ3) is 2.51. The van der Waals surface area contributed by atoms with Gasteiger partial charge >= 0.3 is 0 Å². The first-order valence-corrected chi connectivity index (χ1v) is 8.19. The lowest BCUT2D eigenvalue weighted by molar-refractivity contribution is 0.497. The van der Waals surface area contributed by atoms with Gasteiger partial charge in [-0.25, -0.2) is 17.2 Å². The molecule has 1 aromatic heterocycles. The molecule has 1 aliphatic heterocycles. The highest BCUT2D eigenvalue weighted by Crippen LogP contribution is 2.31. The first-order chi connectivity index (χ1) is 9.87. The molecule has 1 aliphatic rings. The van der Waals surface area contributed by atoms with Gasteiger partial charge in [-0.1, -0.05) is 6.07 Å². The normalized spacial score (nSPS) is 20.8. The number of halogens is 2. The van der Waals surface area contributed by atoms with E-state index in [1.807, 2.05) is 0 Å². The Balaban J connectivity index is 2.01. The molecule has 1 fully saturated rings. The molecule has 0 radical (unpaired) electrons. The van der Waals surface area contributed by atoms with Crippen molar-refractivity contribution in [3.05, 3.63) is 36.0 Å². The highest BCUT2D eigenvalue weighted by atomic mass is 32.2. The summed E-state index contributed by atoms with van der Waals surface area (Å²) in [7, 11) is -3.06. The largest absolute Gasteiger partial charge is 0.396 e. The van der Waals surface area contributed by atoms with Gasteiger partial charge in [-0.2, -0.15) is 5.10 Å². The molecule has 1 aromatic carbocycles. The van der Waals surface area contributed by atoms with Gasteiger partial charge in [-0.15, -0.1) is 0 Å². The zero-order valence-corrected chi connectivity index (χ0v) is 11.8. The van der Waals surface area contributed by atoms with E-state index >= 15 is 0 Å². The van der Waals surface area contributed by atoms with Crippen LogP contribution in [-0.4, -0.2) is 29.7 Å². The molecule has 2 N–H and O–H groups in total. The van der Waals surface area contributed by atoms with Crippen molar-refractivity contribution in [2.75, 3.05) is 17.2 Å². The van der Waals surface area contributed by atoms with Crippen molar-refractivity contribution in [3.8, 4) is 11.3 Å². The molecule has 1 saturated heterocycles. The van der Waals surface area contributed by atoms with Gasteiger partial charge in [0.1, 0.15) is 5.69 Å². The molecular weight excluding hydrogens is 300 g/mol. The van der Waals surface area contributed by atoms with Crippen LogP contribution >= 0.6 is 0 Å². The number of aromatic nitrogens is 2. The minimum absolute atomic E-state index is 0.0147.